The highest BCUT2D eigenvalue weighted by Gasteiger charge is 2.29. The predicted molar refractivity (Wildman–Crippen MR) is 62.6 cm³/mol. The van der Waals surface area contributed by atoms with Crippen LogP contribution in [0.15, 0.2) is 18.2 Å². The smallest absolute Gasteiger partial charge is 0.422 e. The molecule has 0 unspecified atom stereocenters. The molecule has 1 N–H and O–H groups in total. The van der Waals surface area contributed by atoms with E-state index in [1.54, 1.807) is 12.1 Å². The molecule has 0 saturated heterocycles. The molecule has 0 bridgehead atoms. The summed E-state index contributed by atoms with van der Waals surface area (Å²) >= 11 is 0. The number of hydrogen-bond acceptors (Lipinski definition) is 2. The summed E-state index contributed by atoms with van der Waals surface area (Å²) in [6, 6.07) is 5.74. The van der Waals surface area contributed by atoms with Crippen LogP contribution in [0.5, 0.6) is 5.75 Å². The van der Waals surface area contributed by atoms with Crippen molar-refractivity contribution in [1.29, 1.82) is 0 Å². The Morgan fingerprint density at radius 1 is 1.33 bits per heavy atom. The van der Waals surface area contributed by atoms with E-state index in [9.17, 15) is 13.2 Å². The van der Waals surface area contributed by atoms with Crippen molar-refractivity contribution in [2.45, 2.75) is 38.5 Å². The van der Waals surface area contributed by atoms with Crippen LogP contribution in [0.2, 0.25) is 0 Å². The first-order valence-corrected chi connectivity index (χ1v) is 5.96. The molecule has 0 amide bonds. The molecule has 1 aromatic rings. The lowest BCUT2D eigenvalue weighted by atomic mass is 10.1. The van der Waals surface area contributed by atoms with Crippen LogP contribution in [0.25, 0.3) is 0 Å². The van der Waals surface area contributed by atoms with Crippen molar-refractivity contribution in [3.8, 4) is 5.75 Å². The average molecular weight is 259 g/mol. The minimum Gasteiger partial charge on any atom is -0.484 e. The molecule has 1 aliphatic rings. The molecule has 0 spiro atoms. The van der Waals surface area contributed by atoms with Crippen molar-refractivity contribution in [3.05, 3.63) is 29.3 Å². The largest absolute Gasteiger partial charge is 0.484 e. The highest BCUT2D eigenvalue weighted by molar-refractivity contribution is 5.37. The van der Waals surface area contributed by atoms with Gasteiger partial charge in [0.15, 0.2) is 6.61 Å². The van der Waals surface area contributed by atoms with E-state index < -0.39 is 12.8 Å². The van der Waals surface area contributed by atoms with Gasteiger partial charge in [0.25, 0.3) is 0 Å². The minimum atomic E-state index is -4.30. The van der Waals surface area contributed by atoms with Gasteiger partial charge >= 0.3 is 6.18 Å². The van der Waals surface area contributed by atoms with E-state index in [2.05, 4.69) is 5.32 Å². The normalized spacial score (nSPS) is 15.8. The number of alkyl halides is 3. The van der Waals surface area contributed by atoms with Crippen LogP contribution >= 0.6 is 0 Å². The zero-order valence-corrected chi connectivity index (χ0v) is 10.2. The summed E-state index contributed by atoms with van der Waals surface area (Å²) in [6.07, 6.45) is -2.01. The zero-order valence-electron chi connectivity index (χ0n) is 10.2. The maximum atomic E-state index is 12.1. The van der Waals surface area contributed by atoms with E-state index in [1.165, 1.54) is 0 Å². The molecular formula is C13H16F3NO. The van der Waals surface area contributed by atoms with Gasteiger partial charge in [0.05, 0.1) is 0 Å². The van der Waals surface area contributed by atoms with Gasteiger partial charge in [-0.25, -0.2) is 0 Å². The topological polar surface area (TPSA) is 21.3 Å². The fraction of sp³-hybridized carbons (Fsp3) is 0.538. The van der Waals surface area contributed by atoms with E-state index in [4.69, 9.17) is 4.74 Å². The van der Waals surface area contributed by atoms with E-state index in [1.807, 2.05) is 13.0 Å². The van der Waals surface area contributed by atoms with Crippen LogP contribution in [0.3, 0.4) is 0 Å². The lowest BCUT2D eigenvalue weighted by molar-refractivity contribution is -0.153. The number of rotatable bonds is 5. The van der Waals surface area contributed by atoms with Gasteiger partial charge in [-0.3, -0.25) is 0 Å². The van der Waals surface area contributed by atoms with E-state index >= 15 is 0 Å². The zero-order chi connectivity index (χ0) is 13.2. The molecule has 1 aliphatic carbocycles. The van der Waals surface area contributed by atoms with E-state index in [-0.39, 0.29) is 0 Å². The average Bonchev–Trinajstić information content (AvgIpc) is 3.07. The third kappa shape index (κ3) is 4.22. The molecule has 1 fully saturated rings. The lowest BCUT2D eigenvalue weighted by Crippen LogP contribution is -2.21. The van der Waals surface area contributed by atoms with Gasteiger partial charge in [-0.1, -0.05) is 17.7 Å². The summed E-state index contributed by atoms with van der Waals surface area (Å²) in [6.45, 7) is 1.22. The number of ether oxygens (including phenoxy) is 1. The molecule has 0 aromatic heterocycles. The maximum absolute atomic E-state index is 12.1. The third-order valence-electron chi connectivity index (χ3n) is 2.77. The fourth-order valence-electron chi connectivity index (χ4n) is 1.69. The van der Waals surface area contributed by atoms with E-state index in [0.29, 0.717) is 18.3 Å². The molecule has 0 atom stereocenters. The second kappa shape index (κ2) is 5.18. The first kappa shape index (κ1) is 13.2. The van der Waals surface area contributed by atoms with Crippen LogP contribution in [-0.4, -0.2) is 18.8 Å². The third-order valence-corrected chi connectivity index (χ3v) is 2.77. The van der Waals surface area contributed by atoms with Crippen LogP contribution in [0, 0.1) is 6.92 Å². The van der Waals surface area contributed by atoms with Crippen molar-refractivity contribution >= 4 is 0 Å². The minimum absolute atomic E-state index is 0.311. The molecule has 0 radical (unpaired) electrons. The number of nitrogens with one attached hydrogen (secondary N) is 1. The molecule has 2 nitrogen and oxygen atoms in total. The SMILES string of the molecule is Cc1ccc(OCC(F)(F)F)c(CNC2CC2)c1. The Kier molecular flexibility index (Phi) is 3.80. The Morgan fingerprint density at radius 2 is 2.06 bits per heavy atom. The second-order valence-corrected chi connectivity index (χ2v) is 4.67. The summed E-state index contributed by atoms with van der Waals surface area (Å²) in [4.78, 5) is 0. The summed E-state index contributed by atoms with van der Waals surface area (Å²) in [7, 11) is 0. The predicted octanol–water partition coefficient (Wildman–Crippen LogP) is 3.19. The van der Waals surface area contributed by atoms with E-state index in [0.717, 1.165) is 24.0 Å². The Balaban J connectivity index is 2.01. The molecule has 1 aromatic carbocycles. The highest BCUT2D eigenvalue weighted by atomic mass is 19.4. The Morgan fingerprint density at radius 3 is 2.67 bits per heavy atom. The summed E-state index contributed by atoms with van der Waals surface area (Å²) < 4.78 is 41.3. The van der Waals surface area contributed by atoms with Crippen LogP contribution in [0.4, 0.5) is 13.2 Å². The summed E-state index contributed by atoms with van der Waals surface area (Å²) in [5.74, 6) is 0.311. The Labute approximate surface area is 104 Å². The number of hydrogen-bond donors (Lipinski definition) is 1. The van der Waals surface area contributed by atoms with Gasteiger partial charge in [0.2, 0.25) is 0 Å². The first-order chi connectivity index (χ1) is 8.44. The van der Waals surface area contributed by atoms with Gasteiger partial charge in [-0.2, -0.15) is 13.2 Å². The van der Waals surface area contributed by atoms with Gasteiger partial charge in [0.1, 0.15) is 5.75 Å². The molecule has 5 heteroatoms. The van der Waals surface area contributed by atoms with Crippen molar-refractivity contribution in [2.24, 2.45) is 0 Å². The van der Waals surface area contributed by atoms with Crippen LogP contribution in [-0.2, 0) is 6.54 Å². The van der Waals surface area contributed by atoms with Crippen LogP contribution < -0.4 is 10.1 Å². The molecule has 1 saturated carbocycles. The maximum Gasteiger partial charge on any atom is 0.422 e. The van der Waals surface area contributed by atoms with Crippen molar-refractivity contribution in [2.75, 3.05) is 6.61 Å². The van der Waals surface area contributed by atoms with Crippen LogP contribution in [0.1, 0.15) is 24.0 Å². The summed E-state index contributed by atoms with van der Waals surface area (Å²) in [5, 5.41) is 3.28. The number of halogens is 3. The standard InChI is InChI=1S/C13H16F3NO/c1-9-2-5-12(18-8-13(14,15)16)10(6-9)7-17-11-3-4-11/h2,5-6,11,17H,3-4,7-8H2,1H3. The van der Waals surface area contributed by atoms with Gasteiger partial charge in [-0.15, -0.1) is 0 Å². The fourth-order valence-corrected chi connectivity index (χ4v) is 1.69. The molecule has 18 heavy (non-hydrogen) atoms. The molecule has 0 heterocycles. The highest BCUT2D eigenvalue weighted by Crippen LogP contribution is 2.25. The second-order valence-electron chi connectivity index (χ2n) is 4.67. The molecule has 100 valence electrons. The Hall–Kier alpha value is -1.23. The monoisotopic (exact) mass is 259 g/mol. The van der Waals surface area contributed by atoms with Gasteiger partial charge < -0.3 is 10.1 Å². The number of aryl methyl sites for hydroxylation is 1. The quantitative estimate of drug-likeness (QED) is 0.876. The number of benzene rings is 1. The lowest BCUT2D eigenvalue weighted by Gasteiger charge is -2.14. The summed E-state index contributed by atoms with van der Waals surface area (Å²) in [5.41, 5.74) is 1.80. The first-order valence-electron chi connectivity index (χ1n) is 5.96. The molecule has 2 rings (SSSR count). The molecule has 0 aliphatic heterocycles. The van der Waals surface area contributed by atoms with Gasteiger partial charge in [0, 0.05) is 18.2 Å². The molecular weight excluding hydrogens is 243 g/mol. The van der Waals surface area contributed by atoms with Crippen molar-refractivity contribution < 1.29 is 17.9 Å². The van der Waals surface area contributed by atoms with Crippen molar-refractivity contribution in [1.82, 2.24) is 5.32 Å². The van der Waals surface area contributed by atoms with Crippen molar-refractivity contribution in [3.63, 3.8) is 0 Å². The Bertz CT molecular complexity index is 413. The van der Waals surface area contributed by atoms with Gasteiger partial charge in [-0.05, 0) is 25.8 Å².